The third-order valence-electron chi connectivity index (χ3n) is 3.94. The minimum atomic E-state index is -0.191. The summed E-state index contributed by atoms with van der Waals surface area (Å²) in [6, 6.07) is 8.27. The van der Waals surface area contributed by atoms with Gasteiger partial charge in [0.2, 0.25) is 5.91 Å². The van der Waals surface area contributed by atoms with Crippen LogP contribution in [0.1, 0.15) is 30.9 Å². The number of rotatable bonds is 4. The van der Waals surface area contributed by atoms with E-state index in [0.29, 0.717) is 6.54 Å². The van der Waals surface area contributed by atoms with Gasteiger partial charge in [-0.2, -0.15) is 0 Å². The highest BCUT2D eigenvalue weighted by molar-refractivity contribution is 5.83. The van der Waals surface area contributed by atoms with Crippen LogP contribution in [-0.4, -0.2) is 19.0 Å². The number of hydrogen-bond donors (Lipinski definition) is 2. The molecule has 1 unspecified atom stereocenters. The Hall–Kier alpha value is -1.35. The van der Waals surface area contributed by atoms with Gasteiger partial charge in [0.15, 0.2) is 0 Å². The number of aryl methyl sites for hydroxylation is 1. The number of amides is 1. The molecular formula is C15H22N2O. The van der Waals surface area contributed by atoms with Crippen LogP contribution in [0.25, 0.3) is 0 Å². The second-order valence-corrected chi connectivity index (χ2v) is 5.23. The van der Waals surface area contributed by atoms with Crippen LogP contribution in [0.4, 0.5) is 0 Å². The van der Waals surface area contributed by atoms with Gasteiger partial charge in [0.25, 0.3) is 0 Å². The average Bonchev–Trinajstić information content (AvgIpc) is 2.86. The minimum absolute atomic E-state index is 0.191. The van der Waals surface area contributed by atoms with Crippen molar-refractivity contribution in [2.75, 3.05) is 13.1 Å². The molecule has 0 aromatic heterocycles. The fraction of sp³-hybridized carbons (Fsp3) is 0.533. The fourth-order valence-corrected chi connectivity index (χ4v) is 2.59. The van der Waals surface area contributed by atoms with Crippen molar-refractivity contribution in [2.45, 2.75) is 33.2 Å². The van der Waals surface area contributed by atoms with Crippen molar-refractivity contribution in [2.24, 2.45) is 5.41 Å². The van der Waals surface area contributed by atoms with Crippen LogP contribution in [-0.2, 0) is 11.3 Å². The number of hydrogen-bond acceptors (Lipinski definition) is 2. The van der Waals surface area contributed by atoms with E-state index in [4.69, 9.17) is 0 Å². The summed E-state index contributed by atoms with van der Waals surface area (Å²) in [5.41, 5.74) is 2.21. The molecule has 1 aromatic rings. The van der Waals surface area contributed by atoms with Gasteiger partial charge in [-0.3, -0.25) is 4.79 Å². The Balaban J connectivity index is 1.95. The van der Waals surface area contributed by atoms with E-state index in [2.05, 4.69) is 42.7 Å². The van der Waals surface area contributed by atoms with Gasteiger partial charge in [-0.25, -0.2) is 0 Å². The first kappa shape index (κ1) is 13.1. The lowest BCUT2D eigenvalue weighted by Crippen LogP contribution is -2.41. The molecule has 1 atom stereocenters. The second-order valence-electron chi connectivity index (χ2n) is 5.23. The lowest BCUT2D eigenvalue weighted by Gasteiger charge is -2.25. The SMILES string of the molecule is CCC1(C(=O)NCc2cccc(C)c2)CCNC1. The quantitative estimate of drug-likeness (QED) is 0.853. The van der Waals surface area contributed by atoms with Crippen LogP contribution in [0.5, 0.6) is 0 Å². The van der Waals surface area contributed by atoms with Crippen LogP contribution in [0.15, 0.2) is 24.3 Å². The molecule has 1 fully saturated rings. The van der Waals surface area contributed by atoms with Crippen molar-refractivity contribution in [3.05, 3.63) is 35.4 Å². The standard InChI is InChI=1S/C15H22N2O/c1-3-15(7-8-16-11-15)14(18)17-10-13-6-4-5-12(2)9-13/h4-6,9,16H,3,7-8,10-11H2,1-2H3,(H,17,18). The topological polar surface area (TPSA) is 41.1 Å². The predicted molar refractivity (Wildman–Crippen MR) is 73.2 cm³/mol. The van der Waals surface area contributed by atoms with Crippen molar-refractivity contribution in [3.8, 4) is 0 Å². The van der Waals surface area contributed by atoms with Crippen molar-refractivity contribution >= 4 is 5.91 Å². The van der Waals surface area contributed by atoms with Crippen molar-refractivity contribution in [1.82, 2.24) is 10.6 Å². The molecule has 3 nitrogen and oxygen atoms in total. The maximum Gasteiger partial charge on any atom is 0.227 e. The maximum absolute atomic E-state index is 12.3. The summed E-state index contributed by atoms with van der Waals surface area (Å²) < 4.78 is 0. The highest BCUT2D eigenvalue weighted by Gasteiger charge is 2.39. The van der Waals surface area contributed by atoms with Crippen LogP contribution < -0.4 is 10.6 Å². The molecule has 1 aliphatic rings. The van der Waals surface area contributed by atoms with E-state index in [1.54, 1.807) is 0 Å². The zero-order chi connectivity index (χ0) is 13.0. The second kappa shape index (κ2) is 5.53. The van der Waals surface area contributed by atoms with E-state index in [1.165, 1.54) is 11.1 Å². The highest BCUT2D eigenvalue weighted by atomic mass is 16.2. The maximum atomic E-state index is 12.3. The van der Waals surface area contributed by atoms with Gasteiger partial charge >= 0.3 is 0 Å². The Kier molecular flexibility index (Phi) is 4.02. The van der Waals surface area contributed by atoms with Crippen molar-refractivity contribution in [1.29, 1.82) is 0 Å². The van der Waals surface area contributed by atoms with Crippen molar-refractivity contribution in [3.63, 3.8) is 0 Å². The Morgan fingerprint density at radius 2 is 2.33 bits per heavy atom. The van der Waals surface area contributed by atoms with E-state index in [1.807, 2.05) is 6.07 Å². The monoisotopic (exact) mass is 246 g/mol. The summed E-state index contributed by atoms with van der Waals surface area (Å²) in [6.07, 6.45) is 1.85. The van der Waals surface area contributed by atoms with E-state index >= 15 is 0 Å². The van der Waals surface area contributed by atoms with Crippen LogP contribution in [0.3, 0.4) is 0 Å². The molecule has 2 N–H and O–H groups in total. The molecule has 0 saturated carbocycles. The average molecular weight is 246 g/mol. The molecule has 0 spiro atoms. The Bertz CT molecular complexity index is 422. The fourth-order valence-electron chi connectivity index (χ4n) is 2.59. The first-order valence-electron chi connectivity index (χ1n) is 6.71. The van der Waals surface area contributed by atoms with Gasteiger partial charge < -0.3 is 10.6 Å². The molecule has 18 heavy (non-hydrogen) atoms. The van der Waals surface area contributed by atoms with Gasteiger partial charge in [-0.05, 0) is 31.9 Å². The largest absolute Gasteiger partial charge is 0.352 e. The molecule has 1 heterocycles. The first-order valence-corrected chi connectivity index (χ1v) is 6.71. The van der Waals surface area contributed by atoms with Crippen LogP contribution in [0.2, 0.25) is 0 Å². The number of nitrogens with one attached hydrogen (secondary N) is 2. The zero-order valence-electron chi connectivity index (χ0n) is 11.3. The molecule has 0 aliphatic carbocycles. The number of carbonyl (C=O) groups is 1. The van der Waals surface area contributed by atoms with E-state index < -0.39 is 0 Å². The summed E-state index contributed by atoms with van der Waals surface area (Å²) in [4.78, 5) is 12.3. The van der Waals surface area contributed by atoms with E-state index in [0.717, 1.165) is 25.9 Å². The minimum Gasteiger partial charge on any atom is -0.352 e. The van der Waals surface area contributed by atoms with Crippen LogP contribution >= 0.6 is 0 Å². The van der Waals surface area contributed by atoms with E-state index in [-0.39, 0.29) is 11.3 Å². The van der Waals surface area contributed by atoms with Gasteiger partial charge in [0.1, 0.15) is 0 Å². The molecule has 1 amide bonds. The van der Waals surface area contributed by atoms with Gasteiger partial charge in [-0.15, -0.1) is 0 Å². The summed E-state index contributed by atoms with van der Waals surface area (Å²) in [6.45, 7) is 6.55. The smallest absolute Gasteiger partial charge is 0.227 e. The highest BCUT2D eigenvalue weighted by Crippen LogP contribution is 2.29. The third-order valence-corrected chi connectivity index (χ3v) is 3.94. The lowest BCUT2D eigenvalue weighted by atomic mass is 9.83. The van der Waals surface area contributed by atoms with Gasteiger partial charge in [-0.1, -0.05) is 36.8 Å². The molecule has 0 radical (unpaired) electrons. The number of benzene rings is 1. The first-order chi connectivity index (χ1) is 8.66. The van der Waals surface area contributed by atoms with Gasteiger partial charge in [0.05, 0.1) is 5.41 Å². The third kappa shape index (κ3) is 2.72. The van der Waals surface area contributed by atoms with Gasteiger partial charge in [0, 0.05) is 13.1 Å². The Labute approximate surface area is 109 Å². The molecule has 1 aliphatic heterocycles. The van der Waals surface area contributed by atoms with E-state index in [9.17, 15) is 4.79 Å². The molecule has 1 aromatic carbocycles. The number of carbonyl (C=O) groups excluding carboxylic acids is 1. The molecule has 0 bridgehead atoms. The lowest BCUT2D eigenvalue weighted by molar-refractivity contribution is -0.130. The summed E-state index contributed by atoms with van der Waals surface area (Å²) in [7, 11) is 0. The predicted octanol–water partition coefficient (Wildman–Crippen LogP) is 2.00. The summed E-state index contributed by atoms with van der Waals surface area (Å²) in [5.74, 6) is 0.191. The molecule has 98 valence electrons. The molecule has 3 heteroatoms. The summed E-state index contributed by atoms with van der Waals surface area (Å²) in [5, 5.41) is 6.37. The summed E-state index contributed by atoms with van der Waals surface area (Å²) >= 11 is 0. The molecular weight excluding hydrogens is 224 g/mol. The molecule has 1 saturated heterocycles. The Morgan fingerprint density at radius 3 is 2.94 bits per heavy atom. The Morgan fingerprint density at radius 1 is 1.50 bits per heavy atom. The normalized spacial score (nSPS) is 23.0. The van der Waals surface area contributed by atoms with Crippen LogP contribution in [0, 0.1) is 12.3 Å². The molecule has 2 rings (SSSR count). The van der Waals surface area contributed by atoms with Crippen molar-refractivity contribution < 1.29 is 4.79 Å². The zero-order valence-corrected chi connectivity index (χ0v) is 11.3.